The number of aromatic amines is 1. The maximum atomic E-state index is 11.2. The van der Waals surface area contributed by atoms with Gasteiger partial charge in [0.1, 0.15) is 11.4 Å². The Morgan fingerprint density at radius 2 is 2.30 bits per heavy atom. The van der Waals surface area contributed by atoms with E-state index in [-0.39, 0.29) is 12.2 Å². The third-order valence-corrected chi connectivity index (χ3v) is 4.11. The first-order valence-corrected chi connectivity index (χ1v) is 6.76. The standard InChI is InChI=1S/C15H17NO4/c1-2-15(8-12(18)19)14-10(6-7-20-15)9-4-3-5-11(17)13(9)16-14/h3-5,16-17H,2,6-8H2,1H3,(H,18,19). The van der Waals surface area contributed by atoms with Crippen molar-refractivity contribution in [2.24, 2.45) is 0 Å². The largest absolute Gasteiger partial charge is 0.506 e. The molecule has 0 aliphatic carbocycles. The van der Waals surface area contributed by atoms with Gasteiger partial charge >= 0.3 is 5.97 Å². The second-order valence-corrected chi connectivity index (χ2v) is 5.20. The monoisotopic (exact) mass is 275 g/mol. The fraction of sp³-hybridized carbons (Fsp3) is 0.400. The molecule has 0 radical (unpaired) electrons. The number of H-pyrrole nitrogens is 1. The zero-order valence-electron chi connectivity index (χ0n) is 11.3. The molecule has 0 fully saturated rings. The van der Waals surface area contributed by atoms with E-state index in [1.807, 2.05) is 13.0 Å². The van der Waals surface area contributed by atoms with Gasteiger partial charge in [-0.1, -0.05) is 19.1 Å². The molecule has 1 atom stereocenters. The van der Waals surface area contributed by atoms with Crippen molar-refractivity contribution >= 4 is 16.9 Å². The zero-order chi connectivity index (χ0) is 14.3. The van der Waals surface area contributed by atoms with Gasteiger partial charge in [0.05, 0.1) is 24.2 Å². The normalized spacial score (nSPS) is 21.9. The van der Waals surface area contributed by atoms with Crippen LogP contribution in [0.4, 0.5) is 0 Å². The lowest BCUT2D eigenvalue weighted by atomic mass is 9.86. The minimum atomic E-state index is -0.887. The van der Waals surface area contributed by atoms with Crippen LogP contribution in [-0.2, 0) is 21.6 Å². The minimum absolute atomic E-state index is 0.0793. The van der Waals surface area contributed by atoms with E-state index in [0.29, 0.717) is 18.5 Å². The van der Waals surface area contributed by atoms with E-state index in [1.54, 1.807) is 12.1 Å². The van der Waals surface area contributed by atoms with Crippen LogP contribution in [0.1, 0.15) is 31.0 Å². The number of carbonyl (C=O) groups is 1. The van der Waals surface area contributed by atoms with Crippen molar-refractivity contribution in [2.45, 2.75) is 31.8 Å². The Kier molecular flexibility index (Phi) is 2.94. The summed E-state index contributed by atoms with van der Waals surface area (Å²) in [5, 5.41) is 20.1. The first-order valence-electron chi connectivity index (χ1n) is 6.76. The molecule has 0 saturated heterocycles. The maximum Gasteiger partial charge on any atom is 0.306 e. The predicted octanol–water partition coefficient (Wildman–Crippen LogP) is 2.53. The number of carboxylic acids is 1. The van der Waals surface area contributed by atoms with Gasteiger partial charge in [-0.2, -0.15) is 0 Å². The highest BCUT2D eigenvalue weighted by molar-refractivity contribution is 5.90. The van der Waals surface area contributed by atoms with Gasteiger partial charge in [-0.05, 0) is 24.5 Å². The fourth-order valence-corrected chi connectivity index (χ4v) is 3.11. The number of aromatic nitrogens is 1. The Morgan fingerprint density at radius 3 is 3.00 bits per heavy atom. The molecule has 1 aromatic carbocycles. The SMILES string of the molecule is CCC1(CC(=O)O)OCCc2c1[nH]c1c(O)cccc21. The molecule has 5 nitrogen and oxygen atoms in total. The molecule has 2 heterocycles. The zero-order valence-corrected chi connectivity index (χ0v) is 11.3. The fourth-order valence-electron chi connectivity index (χ4n) is 3.11. The van der Waals surface area contributed by atoms with Gasteiger partial charge in [0.15, 0.2) is 0 Å². The summed E-state index contributed by atoms with van der Waals surface area (Å²) in [4.78, 5) is 14.4. The van der Waals surface area contributed by atoms with Crippen LogP contribution in [0.2, 0.25) is 0 Å². The van der Waals surface area contributed by atoms with Crippen molar-refractivity contribution in [3.8, 4) is 5.75 Å². The van der Waals surface area contributed by atoms with Crippen molar-refractivity contribution in [3.05, 3.63) is 29.5 Å². The van der Waals surface area contributed by atoms with Gasteiger partial charge in [0.25, 0.3) is 0 Å². The molecule has 3 N–H and O–H groups in total. The van der Waals surface area contributed by atoms with E-state index in [1.165, 1.54) is 0 Å². The van der Waals surface area contributed by atoms with Crippen molar-refractivity contribution in [1.29, 1.82) is 0 Å². The topological polar surface area (TPSA) is 82.5 Å². The smallest absolute Gasteiger partial charge is 0.306 e. The molecule has 1 aliphatic rings. The Hall–Kier alpha value is -2.01. The quantitative estimate of drug-likeness (QED) is 0.803. The van der Waals surface area contributed by atoms with Gasteiger partial charge in [-0.15, -0.1) is 0 Å². The summed E-state index contributed by atoms with van der Waals surface area (Å²) in [6.45, 7) is 2.42. The second kappa shape index (κ2) is 4.52. The van der Waals surface area contributed by atoms with Gasteiger partial charge in [0, 0.05) is 5.39 Å². The summed E-state index contributed by atoms with van der Waals surface area (Å²) in [6, 6.07) is 5.36. The number of aliphatic carboxylic acids is 1. The average Bonchev–Trinajstić information content (AvgIpc) is 2.80. The number of benzene rings is 1. The molecule has 1 aliphatic heterocycles. The number of fused-ring (bicyclic) bond motifs is 3. The van der Waals surface area contributed by atoms with Crippen LogP contribution >= 0.6 is 0 Å². The van der Waals surface area contributed by atoms with E-state index in [0.717, 1.165) is 23.1 Å². The third kappa shape index (κ3) is 1.78. The Morgan fingerprint density at radius 1 is 1.50 bits per heavy atom. The molecule has 2 aromatic rings. The molecule has 0 spiro atoms. The van der Waals surface area contributed by atoms with Crippen LogP contribution in [0, 0.1) is 0 Å². The molecule has 0 amide bonds. The number of rotatable bonds is 3. The molecular formula is C15H17NO4. The molecule has 20 heavy (non-hydrogen) atoms. The summed E-state index contributed by atoms with van der Waals surface area (Å²) < 4.78 is 5.83. The lowest BCUT2D eigenvalue weighted by Crippen LogP contribution is -2.37. The molecule has 0 saturated carbocycles. The molecule has 1 unspecified atom stereocenters. The van der Waals surface area contributed by atoms with Crippen LogP contribution in [0.15, 0.2) is 18.2 Å². The number of para-hydroxylation sites is 1. The molecule has 5 heteroatoms. The number of carboxylic acid groups (broad SMARTS) is 1. The third-order valence-electron chi connectivity index (χ3n) is 4.11. The Bertz CT molecular complexity index is 676. The van der Waals surface area contributed by atoms with Crippen molar-refractivity contribution in [3.63, 3.8) is 0 Å². The van der Waals surface area contributed by atoms with E-state index in [2.05, 4.69) is 4.98 Å². The lowest BCUT2D eigenvalue weighted by molar-refractivity contribution is -0.148. The van der Waals surface area contributed by atoms with Crippen LogP contribution < -0.4 is 0 Å². The summed E-state index contributed by atoms with van der Waals surface area (Å²) >= 11 is 0. The molecule has 3 rings (SSSR count). The first kappa shape index (κ1) is 13.0. The summed E-state index contributed by atoms with van der Waals surface area (Å²) in [7, 11) is 0. The average molecular weight is 275 g/mol. The second-order valence-electron chi connectivity index (χ2n) is 5.20. The highest BCUT2D eigenvalue weighted by Crippen LogP contribution is 2.42. The van der Waals surface area contributed by atoms with Crippen molar-refractivity contribution < 1.29 is 19.7 Å². The lowest BCUT2D eigenvalue weighted by Gasteiger charge is -2.35. The number of nitrogens with one attached hydrogen (secondary N) is 1. The highest BCUT2D eigenvalue weighted by Gasteiger charge is 2.40. The van der Waals surface area contributed by atoms with Crippen molar-refractivity contribution in [1.82, 2.24) is 4.98 Å². The van der Waals surface area contributed by atoms with E-state index < -0.39 is 11.6 Å². The molecule has 1 aromatic heterocycles. The first-order chi connectivity index (χ1) is 9.57. The van der Waals surface area contributed by atoms with Crippen molar-refractivity contribution in [2.75, 3.05) is 6.61 Å². The molecular weight excluding hydrogens is 258 g/mol. The van der Waals surface area contributed by atoms with Gasteiger partial charge in [-0.25, -0.2) is 0 Å². The Labute approximate surface area is 116 Å². The van der Waals surface area contributed by atoms with Gasteiger partial charge < -0.3 is 19.9 Å². The van der Waals surface area contributed by atoms with E-state index in [9.17, 15) is 15.0 Å². The van der Waals surface area contributed by atoms with Crippen LogP contribution in [0.3, 0.4) is 0 Å². The highest BCUT2D eigenvalue weighted by atomic mass is 16.5. The number of ether oxygens (including phenoxy) is 1. The number of hydrogen-bond acceptors (Lipinski definition) is 3. The minimum Gasteiger partial charge on any atom is -0.506 e. The molecule has 106 valence electrons. The summed E-state index contributed by atoms with van der Waals surface area (Å²) in [5.74, 6) is -0.709. The van der Waals surface area contributed by atoms with Crippen LogP contribution in [0.25, 0.3) is 10.9 Å². The van der Waals surface area contributed by atoms with E-state index in [4.69, 9.17) is 4.74 Å². The summed E-state index contributed by atoms with van der Waals surface area (Å²) in [5.41, 5.74) is 1.69. The number of aromatic hydroxyl groups is 1. The predicted molar refractivity (Wildman–Crippen MR) is 73.8 cm³/mol. The number of phenols is 1. The number of hydrogen-bond donors (Lipinski definition) is 3. The Balaban J connectivity index is 2.24. The maximum absolute atomic E-state index is 11.2. The molecule has 0 bridgehead atoms. The van der Waals surface area contributed by atoms with E-state index >= 15 is 0 Å². The number of phenolic OH excluding ortho intramolecular Hbond substituents is 1. The van der Waals surface area contributed by atoms with Crippen LogP contribution in [-0.4, -0.2) is 27.8 Å². The van der Waals surface area contributed by atoms with Gasteiger partial charge in [0.2, 0.25) is 0 Å². The van der Waals surface area contributed by atoms with Crippen LogP contribution in [0.5, 0.6) is 5.75 Å². The van der Waals surface area contributed by atoms with Gasteiger partial charge in [-0.3, -0.25) is 4.79 Å². The summed E-state index contributed by atoms with van der Waals surface area (Å²) in [6.07, 6.45) is 1.21.